The summed E-state index contributed by atoms with van der Waals surface area (Å²) in [5, 5.41) is 15.7. The molecule has 0 aliphatic heterocycles. The highest BCUT2D eigenvalue weighted by molar-refractivity contribution is 5.92. The largest absolute Gasteiger partial charge is 0.334 e. The van der Waals surface area contributed by atoms with Gasteiger partial charge in [0.25, 0.3) is 5.69 Å². The first-order valence-corrected chi connectivity index (χ1v) is 8.71. The van der Waals surface area contributed by atoms with Crippen LogP contribution in [0.3, 0.4) is 0 Å². The molecule has 0 bridgehead atoms. The maximum atomic E-state index is 12.5. The lowest BCUT2D eigenvalue weighted by atomic mass is 9.94. The lowest BCUT2D eigenvalue weighted by molar-refractivity contribution is -0.384. The number of urea groups is 1. The van der Waals surface area contributed by atoms with Crippen LogP contribution in [0.15, 0.2) is 36.9 Å². The van der Waals surface area contributed by atoms with Crippen LogP contribution in [0.4, 0.5) is 16.2 Å². The predicted molar refractivity (Wildman–Crippen MR) is 98.9 cm³/mol. The highest BCUT2D eigenvalue weighted by atomic mass is 16.6. The Morgan fingerprint density at radius 3 is 2.46 bits per heavy atom. The van der Waals surface area contributed by atoms with E-state index in [2.05, 4.69) is 17.2 Å². The van der Waals surface area contributed by atoms with Gasteiger partial charge in [-0.2, -0.15) is 0 Å². The third-order valence-corrected chi connectivity index (χ3v) is 4.40. The molecule has 0 saturated heterocycles. The number of nitrogens with one attached hydrogen (secondary N) is 2. The molecular weight excluding hydrogens is 336 g/mol. The molecule has 140 valence electrons. The summed E-state index contributed by atoms with van der Waals surface area (Å²) in [4.78, 5) is 36.3. The highest BCUT2D eigenvalue weighted by Crippen LogP contribution is 2.22. The van der Waals surface area contributed by atoms with Gasteiger partial charge in [0.15, 0.2) is 0 Å². The number of nitro benzene ring substituents is 1. The SMILES string of the molecule is C=CCN(C(=O)CNC(=O)Nc1ccc([N+](=O)[O-])cc1)C1CCCCC1. The minimum atomic E-state index is -0.533. The van der Waals surface area contributed by atoms with E-state index in [1.54, 1.807) is 11.0 Å². The normalized spacial score (nSPS) is 14.3. The Morgan fingerprint density at radius 2 is 1.88 bits per heavy atom. The summed E-state index contributed by atoms with van der Waals surface area (Å²) in [7, 11) is 0. The summed E-state index contributed by atoms with van der Waals surface area (Å²) in [6.07, 6.45) is 7.08. The second-order valence-corrected chi connectivity index (χ2v) is 6.24. The van der Waals surface area contributed by atoms with Gasteiger partial charge in [-0.3, -0.25) is 14.9 Å². The molecule has 1 aliphatic rings. The number of rotatable bonds is 7. The molecule has 1 aliphatic carbocycles. The Hall–Kier alpha value is -2.90. The fourth-order valence-electron chi connectivity index (χ4n) is 3.09. The lowest BCUT2D eigenvalue weighted by Gasteiger charge is -2.33. The summed E-state index contributed by atoms with van der Waals surface area (Å²) in [6.45, 7) is 4.07. The molecule has 1 fully saturated rings. The van der Waals surface area contributed by atoms with E-state index >= 15 is 0 Å². The lowest BCUT2D eigenvalue weighted by Crippen LogP contribution is -2.47. The molecule has 1 aromatic rings. The van der Waals surface area contributed by atoms with Crippen LogP contribution < -0.4 is 10.6 Å². The van der Waals surface area contributed by atoms with Crippen LogP contribution in [0.2, 0.25) is 0 Å². The minimum absolute atomic E-state index is 0.0568. The van der Waals surface area contributed by atoms with Crippen LogP contribution in [0.5, 0.6) is 0 Å². The van der Waals surface area contributed by atoms with Gasteiger partial charge in [-0.05, 0) is 25.0 Å². The number of hydrogen-bond donors (Lipinski definition) is 2. The van der Waals surface area contributed by atoms with Gasteiger partial charge in [0.2, 0.25) is 5.91 Å². The predicted octanol–water partition coefficient (Wildman–Crippen LogP) is 3.06. The third-order valence-electron chi connectivity index (χ3n) is 4.40. The smallest absolute Gasteiger partial charge is 0.319 e. The molecule has 1 saturated carbocycles. The van der Waals surface area contributed by atoms with Gasteiger partial charge in [-0.1, -0.05) is 25.3 Å². The van der Waals surface area contributed by atoms with Crippen LogP contribution in [-0.4, -0.2) is 40.9 Å². The molecule has 0 atom stereocenters. The summed E-state index contributed by atoms with van der Waals surface area (Å²) >= 11 is 0. The number of carbonyl (C=O) groups is 2. The zero-order valence-corrected chi connectivity index (χ0v) is 14.6. The van der Waals surface area contributed by atoms with Crippen LogP contribution in [0, 0.1) is 10.1 Å². The highest BCUT2D eigenvalue weighted by Gasteiger charge is 2.24. The number of nitro groups is 1. The Morgan fingerprint density at radius 1 is 1.23 bits per heavy atom. The van der Waals surface area contributed by atoms with Crippen molar-refractivity contribution in [2.75, 3.05) is 18.4 Å². The second kappa shape index (κ2) is 9.55. The number of amides is 3. The minimum Gasteiger partial charge on any atom is -0.334 e. The average molecular weight is 360 g/mol. The first-order valence-electron chi connectivity index (χ1n) is 8.71. The first-order chi connectivity index (χ1) is 12.5. The topological polar surface area (TPSA) is 105 Å². The fraction of sp³-hybridized carbons (Fsp3) is 0.444. The summed E-state index contributed by atoms with van der Waals surface area (Å²) in [5.41, 5.74) is 0.356. The van der Waals surface area contributed by atoms with Crippen molar-refractivity contribution in [1.29, 1.82) is 0 Å². The van der Waals surface area contributed by atoms with Crippen LogP contribution in [0.1, 0.15) is 32.1 Å². The van der Waals surface area contributed by atoms with Crippen molar-refractivity contribution in [3.05, 3.63) is 47.0 Å². The van der Waals surface area contributed by atoms with Gasteiger partial charge in [0, 0.05) is 30.4 Å². The monoisotopic (exact) mass is 360 g/mol. The molecule has 8 heteroatoms. The van der Waals surface area contributed by atoms with Crippen LogP contribution in [-0.2, 0) is 4.79 Å². The fourth-order valence-corrected chi connectivity index (χ4v) is 3.09. The number of non-ortho nitro benzene ring substituents is 1. The number of anilines is 1. The summed E-state index contributed by atoms with van der Waals surface area (Å²) < 4.78 is 0. The molecule has 0 aromatic heterocycles. The maximum Gasteiger partial charge on any atom is 0.319 e. The molecule has 0 radical (unpaired) electrons. The van der Waals surface area contributed by atoms with Gasteiger partial charge in [-0.25, -0.2) is 4.79 Å². The van der Waals surface area contributed by atoms with E-state index < -0.39 is 11.0 Å². The molecule has 3 amide bonds. The number of hydrogen-bond acceptors (Lipinski definition) is 4. The Bertz CT molecular complexity index is 654. The maximum absolute atomic E-state index is 12.5. The van der Waals surface area contributed by atoms with Gasteiger partial charge in [0.1, 0.15) is 0 Å². The number of nitrogens with zero attached hydrogens (tertiary/aromatic N) is 2. The zero-order chi connectivity index (χ0) is 18.9. The molecule has 0 spiro atoms. The molecule has 1 aromatic carbocycles. The van der Waals surface area contributed by atoms with Crippen molar-refractivity contribution < 1.29 is 14.5 Å². The van der Waals surface area contributed by atoms with Crippen molar-refractivity contribution in [2.45, 2.75) is 38.1 Å². The van der Waals surface area contributed by atoms with Crippen molar-refractivity contribution in [2.24, 2.45) is 0 Å². The van der Waals surface area contributed by atoms with E-state index in [1.807, 2.05) is 0 Å². The second-order valence-electron chi connectivity index (χ2n) is 6.24. The quantitative estimate of drug-likeness (QED) is 0.443. The number of carbonyl (C=O) groups excluding carboxylic acids is 2. The molecular formula is C18H24N4O4. The van der Waals surface area contributed by atoms with E-state index in [4.69, 9.17) is 0 Å². The zero-order valence-electron chi connectivity index (χ0n) is 14.6. The summed E-state index contributed by atoms with van der Waals surface area (Å²) in [6, 6.07) is 5.14. The van der Waals surface area contributed by atoms with Crippen molar-refractivity contribution in [3.63, 3.8) is 0 Å². The Kier molecular flexibility index (Phi) is 7.13. The van der Waals surface area contributed by atoms with Crippen LogP contribution >= 0.6 is 0 Å². The molecule has 2 rings (SSSR count). The van der Waals surface area contributed by atoms with Gasteiger partial charge in [0.05, 0.1) is 11.5 Å². The van der Waals surface area contributed by atoms with Crippen molar-refractivity contribution in [1.82, 2.24) is 10.2 Å². The van der Waals surface area contributed by atoms with Gasteiger partial charge in [-0.15, -0.1) is 6.58 Å². The Labute approximate surface area is 152 Å². The standard InChI is InChI=1S/C18H24N4O4/c1-2-12-21(15-6-4-3-5-7-15)17(23)13-19-18(24)20-14-8-10-16(11-9-14)22(25)26/h2,8-11,15H,1,3-7,12-13H2,(H2,19,20,24). The van der Waals surface area contributed by atoms with Crippen LogP contribution in [0.25, 0.3) is 0 Å². The van der Waals surface area contributed by atoms with E-state index in [9.17, 15) is 19.7 Å². The third kappa shape index (κ3) is 5.58. The average Bonchev–Trinajstić information content (AvgIpc) is 2.65. The summed E-state index contributed by atoms with van der Waals surface area (Å²) in [5.74, 6) is -0.143. The van der Waals surface area contributed by atoms with E-state index in [0.717, 1.165) is 25.7 Å². The van der Waals surface area contributed by atoms with Crippen molar-refractivity contribution >= 4 is 23.3 Å². The van der Waals surface area contributed by atoms with Gasteiger partial charge >= 0.3 is 6.03 Å². The van der Waals surface area contributed by atoms with E-state index in [1.165, 1.54) is 30.7 Å². The van der Waals surface area contributed by atoms with Gasteiger partial charge < -0.3 is 15.5 Å². The molecule has 0 unspecified atom stereocenters. The molecule has 2 N–H and O–H groups in total. The molecule has 8 nitrogen and oxygen atoms in total. The number of benzene rings is 1. The van der Waals surface area contributed by atoms with E-state index in [0.29, 0.717) is 12.2 Å². The molecule has 0 heterocycles. The first kappa shape index (κ1) is 19.4. The van der Waals surface area contributed by atoms with Crippen molar-refractivity contribution in [3.8, 4) is 0 Å². The Balaban J connectivity index is 1.85. The van der Waals surface area contributed by atoms with E-state index in [-0.39, 0.29) is 24.2 Å². The molecule has 26 heavy (non-hydrogen) atoms.